The van der Waals surface area contributed by atoms with Crippen LogP contribution in [0.3, 0.4) is 0 Å². The molecule has 0 amide bonds. The van der Waals surface area contributed by atoms with E-state index >= 15 is 0 Å². The molecule has 1 fully saturated rings. The van der Waals surface area contributed by atoms with Gasteiger partial charge in [-0.15, -0.1) is 11.6 Å². The minimum atomic E-state index is 0.380. The van der Waals surface area contributed by atoms with Crippen molar-refractivity contribution in [1.82, 2.24) is 9.36 Å². The van der Waals surface area contributed by atoms with E-state index < -0.39 is 0 Å². The second kappa shape index (κ2) is 4.94. The molecule has 2 atom stereocenters. The summed E-state index contributed by atoms with van der Waals surface area (Å²) in [4.78, 5) is 4.08. The molecule has 3 nitrogen and oxygen atoms in total. The topological polar surface area (TPSA) is 37.8 Å². The van der Waals surface area contributed by atoms with Crippen molar-refractivity contribution in [2.24, 2.45) is 5.92 Å². The van der Waals surface area contributed by atoms with E-state index in [4.69, 9.17) is 11.6 Å². The lowest BCUT2D eigenvalue weighted by Crippen LogP contribution is -2.22. The summed E-state index contributed by atoms with van der Waals surface area (Å²) >= 11 is 7.53. The molecular formula is C9H14ClN3S. The Labute approximate surface area is 93.1 Å². The van der Waals surface area contributed by atoms with Crippen LogP contribution in [0.15, 0.2) is 6.33 Å². The molecule has 5 heteroatoms. The Morgan fingerprint density at radius 1 is 1.57 bits per heavy atom. The molecule has 0 aliphatic heterocycles. The molecule has 1 saturated carbocycles. The van der Waals surface area contributed by atoms with Crippen LogP contribution in [0.5, 0.6) is 0 Å². The zero-order valence-electron chi connectivity index (χ0n) is 7.95. The van der Waals surface area contributed by atoms with Gasteiger partial charge in [0.2, 0.25) is 5.13 Å². The average molecular weight is 232 g/mol. The van der Waals surface area contributed by atoms with Gasteiger partial charge in [-0.2, -0.15) is 4.37 Å². The first kappa shape index (κ1) is 10.2. The van der Waals surface area contributed by atoms with E-state index in [0.29, 0.717) is 11.3 Å². The molecule has 2 unspecified atom stereocenters. The quantitative estimate of drug-likeness (QED) is 0.813. The molecule has 0 spiro atoms. The van der Waals surface area contributed by atoms with Crippen molar-refractivity contribution in [1.29, 1.82) is 0 Å². The summed E-state index contributed by atoms with van der Waals surface area (Å²) in [5.74, 6) is 0.704. The highest BCUT2D eigenvalue weighted by Gasteiger charge is 2.19. The Kier molecular flexibility index (Phi) is 3.59. The zero-order valence-corrected chi connectivity index (χ0v) is 9.52. The Balaban J connectivity index is 1.75. The maximum Gasteiger partial charge on any atom is 0.202 e. The predicted molar refractivity (Wildman–Crippen MR) is 60.0 cm³/mol. The van der Waals surface area contributed by atoms with Crippen LogP contribution >= 0.6 is 23.1 Å². The summed E-state index contributed by atoms with van der Waals surface area (Å²) in [6.07, 6.45) is 6.44. The largest absolute Gasteiger partial charge is 0.360 e. The van der Waals surface area contributed by atoms with E-state index in [1.54, 1.807) is 6.33 Å². The van der Waals surface area contributed by atoms with Gasteiger partial charge < -0.3 is 5.32 Å². The molecule has 2 rings (SSSR count). The molecule has 1 heterocycles. The molecule has 1 N–H and O–H groups in total. The normalized spacial score (nSPS) is 27.5. The molecule has 0 radical (unpaired) electrons. The molecule has 0 saturated heterocycles. The Hall–Kier alpha value is -0.350. The lowest BCUT2D eigenvalue weighted by atomic mass is 9.89. The van der Waals surface area contributed by atoms with E-state index in [9.17, 15) is 0 Å². The van der Waals surface area contributed by atoms with E-state index in [1.807, 2.05) is 0 Å². The minimum absolute atomic E-state index is 0.380. The van der Waals surface area contributed by atoms with E-state index in [0.717, 1.165) is 18.1 Å². The number of nitrogens with zero attached hydrogens (tertiary/aromatic N) is 2. The minimum Gasteiger partial charge on any atom is -0.360 e. The molecule has 0 aromatic carbocycles. The van der Waals surface area contributed by atoms with Gasteiger partial charge in [0.15, 0.2) is 0 Å². The van der Waals surface area contributed by atoms with Gasteiger partial charge in [0.1, 0.15) is 6.33 Å². The molecule has 1 aliphatic carbocycles. The van der Waals surface area contributed by atoms with Crippen molar-refractivity contribution in [3.8, 4) is 0 Å². The van der Waals surface area contributed by atoms with Crippen molar-refractivity contribution >= 4 is 28.3 Å². The second-order valence-electron chi connectivity index (χ2n) is 3.76. The average Bonchev–Trinajstić information content (AvgIpc) is 2.67. The molecule has 1 aliphatic rings. The maximum absolute atomic E-state index is 6.12. The summed E-state index contributed by atoms with van der Waals surface area (Å²) in [6, 6.07) is 0. The highest BCUT2D eigenvalue weighted by Crippen LogP contribution is 2.27. The van der Waals surface area contributed by atoms with Gasteiger partial charge >= 0.3 is 0 Å². The third-order valence-electron chi connectivity index (χ3n) is 2.62. The highest BCUT2D eigenvalue weighted by atomic mass is 35.5. The van der Waals surface area contributed by atoms with Crippen molar-refractivity contribution < 1.29 is 0 Å². The second-order valence-corrected chi connectivity index (χ2v) is 5.15. The van der Waals surface area contributed by atoms with Crippen molar-refractivity contribution in [3.05, 3.63) is 6.33 Å². The molecule has 0 bridgehead atoms. The number of aromatic nitrogens is 2. The zero-order chi connectivity index (χ0) is 9.80. The molecule has 14 heavy (non-hydrogen) atoms. The number of rotatable bonds is 3. The first-order valence-corrected chi connectivity index (χ1v) is 6.20. The number of halogens is 1. The Bertz CT molecular complexity index is 265. The van der Waals surface area contributed by atoms with E-state index in [2.05, 4.69) is 14.7 Å². The molecule has 1 aromatic heterocycles. The van der Waals surface area contributed by atoms with Crippen LogP contribution in [0.2, 0.25) is 0 Å². The third kappa shape index (κ3) is 2.82. The van der Waals surface area contributed by atoms with Gasteiger partial charge in [0.05, 0.1) is 0 Å². The van der Waals surface area contributed by atoms with Gasteiger partial charge in [-0.1, -0.05) is 6.42 Å². The van der Waals surface area contributed by atoms with Gasteiger partial charge in [-0.3, -0.25) is 0 Å². The number of nitrogens with one attached hydrogen (secondary N) is 1. The van der Waals surface area contributed by atoms with Gasteiger partial charge in [-0.25, -0.2) is 4.98 Å². The smallest absolute Gasteiger partial charge is 0.202 e. The van der Waals surface area contributed by atoms with Crippen LogP contribution in [0.25, 0.3) is 0 Å². The highest BCUT2D eigenvalue weighted by molar-refractivity contribution is 7.09. The lowest BCUT2D eigenvalue weighted by Gasteiger charge is -2.25. The fourth-order valence-corrected chi connectivity index (χ4v) is 2.74. The number of hydrogen-bond donors (Lipinski definition) is 1. The summed E-state index contributed by atoms with van der Waals surface area (Å²) in [5.41, 5.74) is 0. The van der Waals surface area contributed by atoms with E-state index in [-0.39, 0.29) is 0 Å². The SMILES string of the molecule is ClC1CCCC(CNc2ncns2)C1. The van der Waals surface area contributed by atoms with Crippen LogP contribution in [0, 0.1) is 5.92 Å². The fraction of sp³-hybridized carbons (Fsp3) is 0.778. The van der Waals surface area contributed by atoms with Crippen LogP contribution in [0.1, 0.15) is 25.7 Å². The standard InChI is InChI=1S/C9H14ClN3S/c10-8-3-1-2-7(4-8)5-11-9-12-6-13-14-9/h6-8H,1-5H2,(H,11,12,13). The summed E-state index contributed by atoms with van der Waals surface area (Å²) < 4.78 is 3.94. The fourth-order valence-electron chi connectivity index (χ4n) is 1.89. The van der Waals surface area contributed by atoms with E-state index in [1.165, 1.54) is 30.8 Å². The Morgan fingerprint density at radius 2 is 2.50 bits per heavy atom. The van der Waals surface area contributed by atoms with Gasteiger partial charge in [0.25, 0.3) is 0 Å². The number of hydrogen-bond acceptors (Lipinski definition) is 4. The van der Waals surface area contributed by atoms with Gasteiger partial charge in [-0.05, 0) is 25.2 Å². The lowest BCUT2D eigenvalue weighted by molar-refractivity contribution is 0.378. The van der Waals surface area contributed by atoms with Crippen molar-refractivity contribution in [2.75, 3.05) is 11.9 Å². The monoisotopic (exact) mass is 231 g/mol. The van der Waals surface area contributed by atoms with Crippen LogP contribution < -0.4 is 5.32 Å². The predicted octanol–water partition coefficient (Wildman–Crippen LogP) is 2.75. The first-order chi connectivity index (χ1) is 6.84. The van der Waals surface area contributed by atoms with Crippen LogP contribution in [0.4, 0.5) is 5.13 Å². The summed E-state index contributed by atoms with van der Waals surface area (Å²) in [5, 5.41) is 4.60. The van der Waals surface area contributed by atoms with Crippen LogP contribution in [-0.2, 0) is 0 Å². The number of alkyl halides is 1. The number of anilines is 1. The van der Waals surface area contributed by atoms with Crippen molar-refractivity contribution in [2.45, 2.75) is 31.1 Å². The summed E-state index contributed by atoms with van der Waals surface area (Å²) in [7, 11) is 0. The third-order valence-corrected chi connectivity index (χ3v) is 3.64. The summed E-state index contributed by atoms with van der Waals surface area (Å²) in [6.45, 7) is 0.985. The maximum atomic E-state index is 6.12. The van der Waals surface area contributed by atoms with Crippen molar-refractivity contribution in [3.63, 3.8) is 0 Å². The van der Waals surface area contributed by atoms with Crippen LogP contribution in [-0.4, -0.2) is 21.3 Å². The first-order valence-electron chi connectivity index (χ1n) is 4.99. The molecular weight excluding hydrogens is 218 g/mol. The van der Waals surface area contributed by atoms with Gasteiger partial charge in [0, 0.05) is 23.5 Å². The molecule has 78 valence electrons. The molecule has 1 aromatic rings. The Morgan fingerprint density at radius 3 is 3.21 bits per heavy atom.